The van der Waals surface area contributed by atoms with Crippen molar-refractivity contribution in [2.24, 2.45) is 0 Å². The number of ether oxygens (including phenoxy) is 1. The molecule has 3 aromatic rings. The summed E-state index contributed by atoms with van der Waals surface area (Å²) in [4.78, 5) is 35.7. The topological polar surface area (TPSA) is 85.6 Å². The van der Waals surface area contributed by atoms with Crippen molar-refractivity contribution in [3.8, 4) is 0 Å². The number of carbonyl (C=O) groups excluding carboxylic acids is 2. The molecule has 0 aliphatic heterocycles. The van der Waals surface area contributed by atoms with E-state index in [2.05, 4.69) is 10.1 Å². The second-order valence-corrected chi connectivity index (χ2v) is 5.14. The molecule has 0 saturated heterocycles. The third-order valence-electron chi connectivity index (χ3n) is 3.48. The third-order valence-corrected chi connectivity index (χ3v) is 3.48. The van der Waals surface area contributed by atoms with Gasteiger partial charge in [0.25, 0.3) is 5.91 Å². The number of fused-ring (bicyclic) bond motifs is 1. The Morgan fingerprint density at radius 3 is 2.48 bits per heavy atom. The zero-order valence-electron chi connectivity index (χ0n) is 13.0. The van der Waals surface area contributed by atoms with E-state index >= 15 is 0 Å². The lowest BCUT2D eigenvalue weighted by Crippen LogP contribution is -2.13. The Balaban J connectivity index is 1.92. The highest BCUT2D eigenvalue weighted by atomic mass is 19.1. The fourth-order valence-electron chi connectivity index (χ4n) is 2.24. The van der Waals surface area contributed by atoms with Gasteiger partial charge in [-0.25, -0.2) is 9.18 Å². The van der Waals surface area contributed by atoms with Gasteiger partial charge in [0.1, 0.15) is 11.4 Å². The molecule has 0 spiro atoms. The number of carbonyl (C=O) groups is 2. The van der Waals surface area contributed by atoms with Gasteiger partial charge in [-0.2, -0.15) is 0 Å². The summed E-state index contributed by atoms with van der Waals surface area (Å²) in [5.74, 6) is -1.85. The summed E-state index contributed by atoms with van der Waals surface area (Å²) in [5.41, 5.74) is 0.377. The number of amides is 1. The molecule has 0 bridgehead atoms. The maximum Gasteiger partial charge on any atom is 0.374 e. The lowest BCUT2D eigenvalue weighted by atomic mass is 10.1. The van der Waals surface area contributed by atoms with Crippen molar-refractivity contribution in [1.82, 2.24) is 0 Å². The van der Waals surface area contributed by atoms with Crippen molar-refractivity contribution in [2.45, 2.75) is 0 Å². The molecule has 25 heavy (non-hydrogen) atoms. The molecule has 0 fully saturated rings. The normalized spacial score (nSPS) is 10.5. The highest BCUT2D eigenvalue weighted by Crippen LogP contribution is 2.19. The number of hydrogen-bond donors (Lipinski definition) is 1. The molecule has 0 unspecified atom stereocenters. The predicted molar refractivity (Wildman–Crippen MR) is 88.2 cm³/mol. The number of methoxy groups -OCH3 is 1. The molecule has 0 saturated carbocycles. The van der Waals surface area contributed by atoms with Gasteiger partial charge in [-0.3, -0.25) is 9.59 Å². The molecule has 0 aliphatic carbocycles. The summed E-state index contributed by atoms with van der Waals surface area (Å²) >= 11 is 0. The fourth-order valence-corrected chi connectivity index (χ4v) is 2.24. The maximum atomic E-state index is 12.9. The minimum absolute atomic E-state index is 0.188. The molecule has 0 radical (unpaired) electrons. The van der Waals surface area contributed by atoms with Crippen LogP contribution in [0.3, 0.4) is 0 Å². The summed E-state index contributed by atoms with van der Waals surface area (Å²) in [5, 5.41) is 2.81. The fraction of sp³-hybridized carbons (Fsp3) is 0.0556. The van der Waals surface area contributed by atoms with Gasteiger partial charge in [-0.1, -0.05) is 0 Å². The lowest BCUT2D eigenvalue weighted by Gasteiger charge is -2.07. The summed E-state index contributed by atoms with van der Waals surface area (Å²) < 4.78 is 22.7. The highest BCUT2D eigenvalue weighted by molar-refractivity contribution is 6.05. The van der Waals surface area contributed by atoms with Crippen molar-refractivity contribution in [3.05, 3.63) is 75.9 Å². The Hall–Kier alpha value is -3.48. The average Bonchev–Trinajstić information content (AvgIpc) is 2.61. The van der Waals surface area contributed by atoms with E-state index in [-0.39, 0.29) is 22.3 Å². The molecule has 1 N–H and O–H groups in total. The van der Waals surface area contributed by atoms with Crippen LogP contribution in [0.1, 0.15) is 20.9 Å². The zero-order valence-corrected chi connectivity index (χ0v) is 13.0. The molecule has 0 atom stereocenters. The highest BCUT2D eigenvalue weighted by Gasteiger charge is 2.13. The molecule has 1 heterocycles. The van der Waals surface area contributed by atoms with Crippen molar-refractivity contribution in [3.63, 3.8) is 0 Å². The van der Waals surface area contributed by atoms with E-state index < -0.39 is 23.1 Å². The van der Waals surface area contributed by atoms with E-state index in [1.165, 1.54) is 49.6 Å². The van der Waals surface area contributed by atoms with Crippen molar-refractivity contribution in [2.75, 3.05) is 12.4 Å². The zero-order chi connectivity index (χ0) is 18.0. The van der Waals surface area contributed by atoms with Crippen molar-refractivity contribution in [1.29, 1.82) is 0 Å². The first-order valence-electron chi connectivity index (χ1n) is 7.21. The van der Waals surface area contributed by atoms with Crippen LogP contribution in [0.4, 0.5) is 10.1 Å². The molecular formula is C18H12FNO5. The summed E-state index contributed by atoms with van der Waals surface area (Å²) in [7, 11) is 1.18. The third kappa shape index (κ3) is 3.40. The van der Waals surface area contributed by atoms with Crippen LogP contribution in [0.15, 0.2) is 57.7 Å². The van der Waals surface area contributed by atoms with Crippen LogP contribution in [0.25, 0.3) is 11.0 Å². The van der Waals surface area contributed by atoms with Crippen LogP contribution in [0.5, 0.6) is 0 Å². The molecule has 2 aromatic carbocycles. The van der Waals surface area contributed by atoms with E-state index in [1.807, 2.05) is 0 Å². The largest absolute Gasteiger partial charge is 0.463 e. The van der Waals surface area contributed by atoms with Gasteiger partial charge >= 0.3 is 5.97 Å². The number of nitrogens with one attached hydrogen (secondary N) is 1. The van der Waals surface area contributed by atoms with Gasteiger partial charge in [-0.05, 0) is 42.5 Å². The van der Waals surface area contributed by atoms with E-state index in [9.17, 15) is 18.8 Å². The van der Waals surface area contributed by atoms with Crippen molar-refractivity contribution >= 4 is 28.5 Å². The Morgan fingerprint density at radius 1 is 1.08 bits per heavy atom. The van der Waals surface area contributed by atoms with Crippen LogP contribution < -0.4 is 10.7 Å². The number of rotatable bonds is 3. The van der Waals surface area contributed by atoms with Crippen molar-refractivity contribution < 1.29 is 23.1 Å². The van der Waals surface area contributed by atoms with Gasteiger partial charge in [0.2, 0.25) is 5.76 Å². The first-order valence-corrected chi connectivity index (χ1v) is 7.21. The second-order valence-electron chi connectivity index (χ2n) is 5.14. The Morgan fingerprint density at radius 2 is 1.80 bits per heavy atom. The van der Waals surface area contributed by atoms with Crippen LogP contribution in [-0.2, 0) is 4.74 Å². The Labute approximate surface area is 140 Å². The van der Waals surface area contributed by atoms with Crippen LogP contribution in [0.2, 0.25) is 0 Å². The standard InChI is InChI=1S/C18H12FNO5/c1-24-18(23)16-9-14(21)13-8-12(6-7-15(13)25-16)20-17(22)10-2-4-11(19)5-3-10/h2-9H,1H3,(H,20,22). The SMILES string of the molecule is COC(=O)c1cc(=O)c2cc(NC(=O)c3ccc(F)cc3)ccc2o1. The van der Waals surface area contributed by atoms with Gasteiger partial charge in [-0.15, -0.1) is 0 Å². The minimum Gasteiger partial charge on any atom is -0.463 e. The molecular weight excluding hydrogens is 329 g/mol. The second kappa shape index (κ2) is 6.56. The number of benzene rings is 2. The first kappa shape index (κ1) is 16.4. The molecule has 1 amide bonds. The van der Waals surface area contributed by atoms with E-state index in [0.717, 1.165) is 6.07 Å². The van der Waals surface area contributed by atoms with Gasteiger partial charge in [0.05, 0.1) is 12.5 Å². The molecule has 0 aliphatic rings. The van der Waals surface area contributed by atoms with E-state index in [1.54, 1.807) is 0 Å². The van der Waals surface area contributed by atoms with Gasteiger partial charge in [0, 0.05) is 17.3 Å². The van der Waals surface area contributed by atoms with Crippen LogP contribution in [-0.4, -0.2) is 19.0 Å². The Bertz CT molecular complexity index is 1020. The van der Waals surface area contributed by atoms with Crippen LogP contribution in [0, 0.1) is 5.82 Å². The number of esters is 1. The summed E-state index contributed by atoms with van der Waals surface area (Å²) in [6.45, 7) is 0. The predicted octanol–water partition coefficient (Wildman–Crippen LogP) is 2.97. The first-order chi connectivity index (χ1) is 12.0. The molecule has 126 valence electrons. The summed E-state index contributed by atoms with van der Waals surface area (Å²) in [6.07, 6.45) is 0. The quantitative estimate of drug-likeness (QED) is 0.740. The lowest BCUT2D eigenvalue weighted by molar-refractivity contribution is 0.0565. The monoisotopic (exact) mass is 341 g/mol. The molecule has 1 aromatic heterocycles. The average molecular weight is 341 g/mol. The van der Waals surface area contributed by atoms with E-state index in [4.69, 9.17) is 4.42 Å². The van der Waals surface area contributed by atoms with Crippen LogP contribution >= 0.6 is 0 Å². The number of hydrogen-bond acceptors (Lipinski definition) is 5. The molecule has 6 nitrogen and oxygen atoms in total. The maximum absolute atomic E-state index is 12.9. The smallest absolute Gasteiger partial charge is 0.374 e. The van der Waals surface area contributed by atoms with Gasteiger partial charge in [0.15, 0.2) is 5.43 Å². The number of halogens is 1. The van der Waals surface area contributed by atoms with E-state index in [0.29, 0.717) is 5.69 Å². The Kier molecular flexibility index (Phi) is 4.30. The summed E-state index contributed by atoms with van der Waals surface area (Å²) in [6, 6.07) is 10.5. The molecule has 3 rings (SSSR count). The minimum atomic E-state index is -0.757. The molecule has 7 heteroatoms. The van der Waals surface area contributed by atoms with Gasteiger partial charge < -0.3 is 14.5 Å². The number of anilines is 1.